The van der Waals surface area contributed by atoms with Gasteiger partial charge in [-0.05, 0) is 57.6 Å². The average Bonchev–Trinajstić information content (AvgIpc) is 2.45. The van der Waals surface area contributed by atoms with Gasteiger partial charge in [-0.2, -0.15) is 0 Å². The topological polar surface area (TPSA) is 15.3 Å². The van der Waals surface area contributed by atoms with Crippen LogP contribution in [0.25, 0.3) is 0 Å². The van der Waals surface area contributed by atoms with Crippen molar-refractivity contribution in [1.82, 2.24) is 10.2 Å². The lowest BCUT2D eigenvalue weighted by Crippen LogP contribution is -2.32. The molecule has 4 heteroatoms. The number of likely N-dealkylation sites (tertiary alicyclic amines) is 1. The van der Waals surface area contributed by atoms with Crippen molar-refractivity contribution >= 4 is 23.2 Å². The second-order valence-electron chi connectivity index (χ2n) is 5.18. The van der Waals surface area contributed by atoms with Crippen LogP contribution in [-0.2, 0) is 0 Å². The molecule has 0 radical (unpaired) electrons. The van der Waals surface area contributed by atoms with E-state index in [1.54, 1.807) is 0 Å². The van der Waals surface area contributed by atoms with Crippen LogP contribution in [0.1, 0.15) is 37.3 Å². The fourth-order valence-corrected chi connectivity index (χ4v) is 3.18. The minimum Gasteiger partial charge on any atom is -0.313 e. The van der Waals surface area contributed by atoms with Crippen molar-refractivity contribution in [3.63, 3.8) is 0 Å². The first-order valence-corrected chi connectivity index (χ1v) is 7.81. The molecule has 0 amide bonds. The number of hydrogen-bond acceptors (Lipinski definition) is 2. The van der Waals surface area contributed by atoms with Gasteiger partial charge in [0.05, 0.1) is 10.0 Å². The van der Waals surface area contributed by atoms with Crippen molar-refractivity contribution < 1.29 is 0 Å². The van der Waals surface area contributed by atoms with Crippen molar-refractivity contribution in [3.8, 4) is 0 Å². The van der Waals surface area contributed by atoms with E-state index in [1.807, 2.05) is 19.2 Å². The molecule has 1 fully saturated rings. The summed E-state index contributed by atoms with van der Waals surface area (Å²) >= 11 is 12.4. The number of nitrogens with zero attached hydrogens (tertiary/aromatic N) is 1. The third-order valence-corrected chi connectivity index (χ3v) is 4.72. The van der Waals surface area contributed by atoms with Crippen LogP contribution in [0.3, 0.4) is 0 Å². The molecule has 0 aliphatic carbocycles. The number of hydrogen-bond donors (Lipinski definition) is 1. The smallest absolute Gasteiger partial charge is 0.0640 e. The van der Waals surface area contributed by atoms with E-state index in [9.17, 15) is 0 Å². The molecule has 1 aromatic rings. The summed E-state index contributed by atoms with van der Waals surface area (Å²) in [5.41, 5.74) is 1.11. The molecule has 1 saturated heterocycles. The van der Waals surface area contributed by atoms with E-state index in [1.165, 1.54) is 32.4 Å². The van der Waals surface area contributed by atoms with Crippen LogP contribution in [0.2, 0.25) is 10.0 Å². The van der Waals surface area contributed by atoms with E-state index < -0.39 is 0 Å². The first-order valence-electron chi connectivity index (χ1n) is 7.06. The van der Waals surface area contributed by atoms with Gasteiger partial charge in [0, 0.05) is 6.04 Å². The lowest BCUT2D eigenvalue weighted by molar-refractivity contribution is 0.218. The van der Waals surface area contributed by atoms with E-state index in [0.717, 1.165) is 18.5 Å². The van der Waals surface area contributed by atoms with Gasteiger partial charge in [0.25, 0.3) is 0 Å². The molecule has 1 aliphatic rings. The van der Waals surface area contributed by atoms with Crippen molar-refractivity contribution in [2.24, 2.45) is 0 Å². The Morgan fingerprint density at radius 1 is 1.21 bits per heavy atom. The van der Waals surface area contributed by atoms with E-state index >= 15 is 0 Å². The van der Waals surface area contributed by atoms with Crippen molar-refractivity contribution in [1.29, 1.82) is 0 Å². The van der Waals surface area contributed by atoms with Crippen LogP contribution in [0.4, 0.5) is 0 Å². The number of benzene rings is 1. The lowest BCUT2D eigenvalue weighted by atomic mass is 10.0. The van der Waals surface area contributed by atoms with E-state index in [2.05, 4.69) is 16.3 Å². The van der Waals surface area contributed by atoms with Crippen LogP contribution >= 0.6 is 23.2 Å². The van der Waals surface area contributed by atoms with Gasteiger partial charge in [-0.25, -0.2) is 0 Å². The van der Waals surface area contributed by atoms with Crippen LogP contribution < -0.4 is 5.32 Å². The maximum atomic E-state index is 6.30. The molecule has 1 aliphatic heterocycles. The summed E-state index contributed by atoms with van der Waals surface area (Å²) in [6.45, 7) is 3.59. The molecule has 2 nitrogen and oxygen atoms in total. The zero-order valence-electron chi connectivity index (χ0n) is 11.5. The quantitative estimate of drug-likeness (QED) is 0.879. The average molecular weight is 301 g/mol. The van der Waals surface area contributed by atoms with Crippen molar-refractivity contribution in [3.05, 3.63) is 33.8 Å². The Balaban J connectivity index is 1.97. The highest BCUT2D eigenvalue weighted by Gasteiger charge is 2.17. The minimum atomic E-state index is 0.271. The first-order chi connectivity index (χ1) is 9.22. The SMILES string of the molecule is CNC(CCN1CCCCC1)c1cccc(Cl)c1Cl. The fourth-order valence-electron chi connectivity index (χ4n) is 2.74. The van der Waals surface area contributed by atoms with E-state index in [-0.39, 0.29) is 6.04 Å². The Labute approximate surface area is 126 Å². The number of nitrogens with one attached hydrogen (secondary N) is 1. The van der Waals surface area contributed by atoms with Gasteiger partial charge in [-0.1, -0.05) is 41.8 Å². The zero-order chi connectivity index (χ0) is 13.7. The van der Waals surface area contributed by atoms with Gasteiger partial charge in [0.15, 0.2) is 0 Å². The highest BCUT2D eigenvalue weighted by atomic mass is 35.5. The van der Waals surface area contributed by atoms with E-state index in [0.29, 0.717) is 10.0 Å². The second-order valence-corrected chi connectivity index (χ2v) is 5.96. The summed E-state index contributed by atoms with van der Waals surface area (Å²) in [5, 5.41) is 4.68. The standard InChI is InChI=1S/C15H22Cl2N2/c1-18-14(8-11-19-9-3-2-4-10-19)12-6-5-7-13(16)15(12)17/h5-7,14,18H,2-4,8-11H2,1H3. The summed E-state index contributed by atoms with van der Waals surface area (Å²) in [6, 6.07) is 6.14. The molecule has 0 spiro atoms. The number of piperidine rings is 1. The zero-order valence-corrected chi connectivity index (χ0v) is 13.0. The summed E-state index contributed by atoms with van der Waals surface area (Å²) in [7, 11) is 1.98. The lowest BCUT2D eigenvalue weighted by Gasteiger charge is -2.28. The molecule has 106 valence electrons. The number of rotatable bonds is 5. The maximum Gasteiger partial charge on any atom is 0.0640 e. The Hall–Kier alpha value is -0.280. The maximum absolute atomic E-state index is 6.30. The predicted octanol–water partition coefficient (Wildman–Crippen LogP) is 4.13. The molecule has 2 rings (SSSR count). The van der Waals surface area contributed by atoms with Crippen LogP contribution in [0, 0.1) is 0 Å². The third-order valence-electron chi connectivity index (χ3n) is 3.89. The summed E-state index contributed by atoms with van der Waals surface area (Å²) in [6.07, 6.45) is 5.12. The van der Waals surface area contributed by atoms with Crippen LogP contribution in [0.15, 0.2) is 18.2 Å². The Bertz CT molecular complexity index is 403. The molecule has 1 N–H and O–H groups in total. The highest BCUT2D eigenvalue weighted by Crippen LogP contribution is 2.31. The van der Waals surface area contributed by atoms with Crippen molar-refractivity contribution in [2.75, 3.05) is 26.7 Å². The minimum absolute atomic E-state index is 0.271. The van der Waals surface area contributed by atoms with Gasteiger partial charge in [-0.3, -0.25) is 0 Å². The third kappa shape index (κ3) is 4.09. The molecule has 0 saturated carbocycles. The normalized spacial score (nSPS) is 18.5. The summed E-state index contributed by atoms with van der Waals surface area (Å²) < 4.78 is 0. The Morgan fingerprint density at radius 3 is 2.63 bits per heavy atom. The predicted molar refractivity (Wildman–Crippen MR) is 83.2 cm³/mol. The largest absolute Gasteiger partial charge is 0.313 e. The van der Waals surface area contributed by atoms with Crippen LogP contribution in [0.5, 0.6) is 0 Å². The first kappa shape index (κ1) is 15.1. The molecular formula is C15H22Cl2N2. The Kier molecular flexibility index (Phi) is 5.96. The Morgan fingerprint density at radius 2 is 1.95 bits per heavy atom. The molecule has 1 heterocycles. The molecule has 1 atom stereocenters. The fraction of sp³-hybridized carbons (Fsp3) is 0.600. The molecule has 19 heavy (non-hydrogen) atoms. The molecule has 0 aromatic heterocycles. The molecule has 1 aromatic carbocycles. The summed E-state index contributed by atoms with van der Waals surface area (Å²) in [4.78, 5) is 2.55. The van der Waals surface area contributed by atoms with Gasteiger partial charge in [-0.15, -0.1) is 0 Å². The van der Waals surface area contributed by atoms with Crippen LogP contribution in [-0.4, -0.2) is 31.6 Å². The van der Waals surface area contributed by atoms with Crippen molar-refractivity contribution in [2.45, 2.75) is 31.7 Å². The van der Waals surface area contributed by atoms with E-state index in [4.69, 9.17) is 23.2 Å². The van der Waals surface area contributed by atoms with Gasteiger partial charge < -0.3 is 10.2 Å². The van der Waals surface area contributed by atoms with Gasteiger partial charge in [0.1, 0.15) is 0 Å². The molecular weight excluding hydrogens is 279 g/mol. The van der Waals surface area contributed by atoms with Gasteiger partial charge >= 0.3 is 0 Å². The molecule has 0 bridgehead atoms. The monoisotopic (exact) mass is 300 g/mol. The highest BCUT2D eigenvalue weighted by molar-refractivity contribution is 6.42. The number of halogens is 2. The summed E-state index contributed by atoms with van der Waals surface area (Å²) in [5.74, 6) is 0. The van der Waals surface area contributed by atoms with Gasteiger partial charge in [0.2, 0.25) is 0 Å². The second kappa shape index (κ2) is 7.49. The molecule has 1 unspecified atom stereocenters.